The van der Waals surface area contributed by atoms with Gasteiger partial charge in [-0.3, -0.25) is 4.79 Å². The molecule has 0 aliphatic heterocycles. The van der Waals surface area contributed by atoms with Gasteiger partial charge in [0.1, 0.15) is 0 Å². The summed E-state index contributed by atoms with van der Waals surface area (Å²) in [5.41, 5.74) is 6.77. The topological polar surface area (TPSA) is 66.6 Å². The van der Waals surface area contributed by atoms with Crippen molar-refractivity contribution >= 4 is 23.2 Å². The SMILES string of the molecule is Nc1cc(Cl)ccc1C(=O)N(CCCO)C1CCC1. The fraction of sp³-hybridized carbons (Fsp3) is 0.500. The van der Waals surface area contributed by atoms with E-state index >= 15 is 0 Å². The van der Waals surface area contributed by atoms with Crippen LogP contribution in [0.25, 0.3) is 0 Å². The quantitative estimate of drug-likeness (QED) is 0.815. The Bertz CT molecular complexity index is 461. The van der Waals surface area contributed by atoms with E-state index in [1.807, 2.05) is 4.90 Å². The molecule has 1 saturated carbocycles. The number of aliphatic hydroxyl groups excluding tert-OH is 1. The second-order valence-corrected chi connectivity index (χ2v) is 5.33. The van der Waals surface area contributed by atoms with Crippen molar-refractivity contribution in [2.75, 3.05) is 18.9 Å². The standard InChI is InChI=1S/C14H19ClN2O2/c15-10-5-6-12(13(16)9-10)14(19)17(7-2-8-18)11-3-1-4-11/h5-6,9,11,18H,1-4,7-8,16H2. The largest absolute Gasteiger partial charge is 0.398 e. The molecule has 19 heavy (non-hydrogen) atoms. The number of nitrogens with zero attached hydrogens (tertiary/aromatic N) is 1. The van der Waals surface area contributed by atoms with E-state index in [0.29, 0.717) is 29.2 Å². The number of hydrogen-bond acceptors (Lipinski definition) is 3. The van der Waals surface area contributed by atoms with E-state index in [-0.39, 0.29) is 18.6 Å². The molecule has 0 aromatic heterocycles. The van der Waals surface area contributed by atoms with Crippen LogP contribution in [0.2, 0.25) is 5.02 Å². The molecule has 0 atom stereocenters. The minimum Gasteiger partial charge on any atom is -0.398 e. The zero-order valence-corrected chi connectivity index (χ0v) is 11.6. The van der Waals surface area contributed by atoms with Crippen LogP contribution in [0.3, 0.4) is 0 Å². The molecule has 0 heterocycles. The molecular formula is C14H19ClN2O2. The third-order valence-corrected chi connectivity index (χ3v) is 3.81. The number of amides is 1. The van der Waals surface area contributed by atoms with Gasteiger partial charge in [0.2, 0.25) is 0 Å². The van der Waals surface area contributed by atoms with Gasteiger partial charge in [-0.1, -0.05) is 11.6 Å². The minimum atomic E-state index is -0.0627. The molecular weight excluding hydrogens is 264 g/mol. The molecule has 0 saturated heterocycles. The first-order valence-electron chi connectivity index (χ1n) is 6.60. The molecule has 4 nitrogen and oxygen atoms in total. The lowest BCUT2D eigenvalue weighted by Gasteiger charge is -2.37. The van der Waals surface area contributed by atoms with Crippen molar-refractivity contribution in [3.8, 4) is 0 Å². The predicted molar refractivity (Wildman–Crippen MR) is 76.2 cm³/mol. The lowest BCUT2D eigenvalue weighted by atomic mass is 9.90. The average molecular weight is 283 g/mol. The van der Waals surface area contributed by atoms with E-state index in [9.17, 15) is 4.79 Å². The molecule has 104 valence electrons. The molecule has 2 rings (SSSR count). The van der Waals surface area contributed by atoms with Crippen LogP contribution in [-0.4, -0.2) is 35.1 Å². The third-order valence-electron chi connectivity index (χ3n) is 3.58. The van der Waals surface area contributed by atoms with E-state index in [1.165, 1.54) is 0 Å². The normalized spacial score (nSPS) is 15.1. The molecule has 0 spiro atoms. The van der Waals surface area contributed by atoms with Gasteiger partial charge in [-0.05, 0) is 43.9 Å². The highest BCUT2D eigenvalue weighted by Crippen LogP contribution is 2.28. The number of hydrogen-bond donors (Lipinski definition) is 2. The number of carbonyl (C=O) groups excluding carboxylic acids is 1. The Morgan fingerprint density at radius 3 is 2.74 bits per heavy atom. The van der Waals surface area contributed by atoms with Crippen LogP contribution < -0.4 is 5.73 Å². The van der Waals surface area contributed by atoms with Gasteiger partial charge in [-0.2, -0.15) is 0 Å². The summed E-state index contributed by atoms with van der Waals surface area (Å²) < 4.78 is 0. The molecule has 1 aromatic rings. The number of aliphatic hydroxyl groups is 1. The molecule has 3 N–H and O–H groups in total. The third kappa shape index (κ3) is 3.19. The number of anilines is 1. The van der Waals surface area contributed by atoms with Crippen LogP contribution in [0.1, 0.15) is 36.0 Å². The summed E-state index contributed by atoms with van der Waals surface area (Å²) in [6.07, 6.45) is 3.81. The maximum Gasteiger partial charge on any atom is 0.256 e. The Kier molecular flexibility index (Phi) is 4.66. The zero-order chi connectivity index (χ0) is 13.8. The zero-order valence-electron chi connectivity index (χ0n) is 10.8. The van der Waals surface area contributed by atoms with Crippen LogP contribution in [0.5, 0.6) is 0 Å². The van der Waals surface area contributed by atoms with Crippen LogP contribution in [0.15, 0.2) is 18.2 Å². The number of nitrogen functional groups attached to an aromatic ring is 1. The van der Waals surface area contributed by atoms with E-state index in [2.05, 4.69) is 0 Å². The Balaban J connectivity index is 2.17. The van der Waals surface area contributed by atoms with Gasteiger partial charge < -0.3 is 15.7 Å². The summed E-state index contributed by atoms with van der Waals surface area (Å²) in [5.74, 6) is -0.0627. The Hall–Kier alpha value is -1.26. The summed E-state index contributed by atoms with van der Waals surface area (Å²) in [4.78, 5) is 14.4. The van der Waals surface area contributed by atoms with Gasteiger partial charge >= 0.3 is 0 Å². The van der Waals surface area contributed by atoms with Crippen molar-refractivity contribution in [2.45, 2.75) is 31.7 Å². The average Bonchev–Trinajstić information content (AvgIpc) is 2.31. The first kappa shape index (κ1) is 14.2. The molecule has 1 aliphatic carbocycles. The first-order chi connectivity index (χ1) is 9.13. The molecule has 0 unspecified atom stereocenters. The smallest absolute Gasteiger partial charge is 0.256 e. The second-order valence-electron chi connectivity index (χ2n) is 4.89. The highest BCUT2D eigenvalue weighted by Gasteiger charge is 2.29. The number of benzene rings is 1. The van der Waals surface area contributed by atoms with E-state index in [4.69, 9.17) is 22.4 Å². The number of carbonyl (C=O) groups is 1. The first-order valence-corrected chi connectivity index (χ1v) is 6.98. The van der Waals surface area contributed by atoms with Crippen LogP contribution >= 0.6 is 11.6 Å². The summed E-state index contributed by atoms with van der Waals surface area (Å²) in [7, 11) is 0. The Morgan fingerprint density at radius 2 is 2.21 bits per heavy atom. The second kappa shape index (κ2) is 6.26. The minimum absolute atomic E-state index is 0.0627. The van der Waals surface area contributed by atoms with Crippen molar-refractivity contribution in [3.63, 3.8) is 0 Å². The molecule has 1 fully saturated rings. The summed E-state index contributed by atoms with van der Waals surface area (Å²) >= 11 is 5.85. The number of halogens is 1. The highest BCUT2D eigenvalue weighted by atomic mass is 35.5. The molecule has 0 radical (unpaired) electrons. The molecule has 1 aromatic carbocycles. The van der Waals surface area contributed by atoms with Gasteiger partial charge in [0.05, 0.1) is 5.56 Å². The Labute approximate surface area is 118 Å². The lowest BCUT2D eigenvalue weighted by molar-refractivity contribution is 0.0563. The summed E-state index contributed by atoms with van der Waals surface area (Å²) in [5, 5.41) is 9.48. The van der Waals surface area contributed by atoms with Gasteiger partial charge in [0.25, 0.3) is 5.91 Å². The summed E-state index contributed by atoms with van der Waals surface area (Å²) in [6.45, 7) is 0.661. The molecule has 1 amide bonds. The van der Waals surface area contributed by atoms with Gasteiger partial charge in [0, 0.05) is 29.9 Å². The van der Waals surface area contributed by atoms with Crippen LogP contribution in [0.4, 0.5) is 5.69 Å². The van der Waals surface area contributed by atoms with Crippen molar-refractivity contribution in [3.05, 3.63) is 28.8 Å². The maximum atomic E-state index is 12.5. The van der Waals surface area contributed by atoms with Gasteiger partial charge in [-0.25, -0.2) is 0 Å². The van der Waals surface area contributed by atoms with Gasteiger partial charge in [0.15, 0.2) is 0 Å². The van der Waals surface area contributed by atoms with Crippen LogP contribution in [-0.2, 0) is 0 Å². The molecule has 1 aliphatic rings. The predicted octanol–water partition coefficient (Wildman–Crippen LogP) is 2.30. The molecule has 0 bridgehead atoms. The number of nitrogens with two attached hydrogens (primary N) is 1. The monoisotopic (exact) mass is 282 g/mol. The fourth-order valence-electron chi connectivity index (χ4n) is 2.27. The maximum absolute atomic E-state index is 12.5. The fourth-order valence-corrected chi connectivity index (χ4v) is 2.45. The van der Waals surface area contributed by atoms with E-state index in [1.54, 1.807) is 18.2 Å². The van der Waals surface area contributed by atoms with Gasteiger partial charge in [-0.15, -0.1) is 0 Å². The summed E-state index contributed by atoms with van der Waals surface area (Å²) in [6, 6.07) is 5.23. The number of rotatable bonds is 5. The Morgan fingerprint density at radius 1 is 1.47 bits per heavy atom. The van der Waals surface area contributed by atoms with Crippen molar-refractivity contribution in [1.82, 2.24) is 4.90 Å². The van der Waals surface area contributed by atoms with Crippen molar-refractivity contribution < 1.29 is 9.90 Å². The highest BCUT2D eigenvalue weighted by molar-refractivity contribution is 6.31. The van der Waals surface area contributed by atoms with E-state index < -0.39 is 0 Å². The van der Waals surface area contributed by atoms with Crippen molar-refractivity contribution in [1.29, 1.82) is 0 Å². The van der Waals surface area contributed by atoms with E-state index in [0.717, 1.165) is 19.3 Å². The van der Waals surface area contributed by atoms with Crippen LogP contribution in [0, 0.1) is 0 Å². The van der Waals surface area contributed by atoms with Crippen molar-refractivity contribution in [2.24, 2.45) is 0 Å². The molecule has 5 heteroatoms. The lowest BCUT2D eigenvalue weighted by Crippen LogP contribution is -2.45.